The zero-order valence-corrected chi connectivity index (χ0v) is 12.6. The highest BCUT2D eigenvalue weighted by atomic mass is 32.2. The van der Waals surface area contributed by atoms with Crippen molar-refractivity contribution in [1.29, 1.82) is 0 Å². The van der Waals surface area contributed by atoms with Crippen LogP contribution in [0.4, 0.5) is 0 Å². The largest absolute Gasteiger partial charge is 0.364 e. The molecule has 19 heavy (non-hydrogen) atoms. The van der Waals surface area contributed by atoms with E-state index in [4.69, 9.17) is 10.5 Å². The van der Waals surface area contributed by atoms with Gasteiger partial charge in [0.25, 0.3) is 5.91 Å². The van der Waals surface area contributed by atoms with Crippen molar-refractivity contribution < 1.29 is 17.9 Å². The number of hydrogen-bond acceptors (Lipinski definition) is 5. The normalized spacial score (nSPS) is 25.3. The van der Waals surface area contributed by atoms with Crippen LogP contribution >= 0.6 is 0 Å². The molecule has 0 radical (unpaired) electrons. The van der Waals surface area contributed by atoms with Crippen LogP contribution in [0.15, 0.2) is 0 Å². The van der Waals surface area contributed by atoms with Crippen molar-refractivity contribution in [2.75, 3.05) is 25.1 Å². The molecule has 112 valence electrons. The molecule has 0 aromatic carbocycles. The molecule has 6 nitrogen and oxygen atoms in total. The Morgan fingerprint density at radius 3 is 2.58 bits per heavy atom. The van der Waals surface area contributed by atoms with Crippen LogP contribution in [-0.2, 0) is 19.4 Å². The topological polar surface area (TPSA) is 89.7 Å². The van der Waals surface area contributed by atoms with Crippen LogP contribution in [0.2, 0.25) is 0 Å². The van der Waals surface area contributed by atoms with E-state index in [9.17, 15) is 13.2 Å². The smallest absolute Gasteiger partial charge is 0.251 e. The molecular formula is C12H24N2O4S. The first-order valence-electron chi connectivity index (χ1n) is 6.63. The Labute approximate surface area is 115 Å². The first-order valence-corrected chi connectivity index (χ1v) is 8.45. The number of hydrogen-bond donors (Lipinski definition) is 1. The Morgan fingerprint density at radius 1 is 1.47 bits per heavy atom. The van der Waals surface area contributed by atoms with Crippen molar-refractivity contribution >= 4 is 15.7 Å². The highest BCUT2D eigenvalue weighted by Crippen LogP contribution is 2.21. The molecule has 3 atom stereocenters. The van der Waals surface area contributed by atoms with E-state index >= 15 is 0 Å². The van der Waals surface area contributed by atoms with Gasteiger partial charge in [0, 0.05) is 25.4 Å². The highest BCUT2D eigenvalue weighted by Gasteiger charge is 2.33. The van der Waals surface area contributed by atoms with Gasteiger partial charge in [-0.1, -0.05) is 6.92 Å². The number of rotatable bonds is 6. The fourth-order valence-electron chi connectivity index (χ4n) is 2.10. The Morgan fingerprint density at radius 2 is 2.11 bits per heavy atom. The zero-order valence-electron chi connectivity index (χ0n) is 11.8. The molecule has 0 bridgehead atoms. The summed E-state index contributed by atoms with van der Waals surface area (Å²) in [6.45, 7) is 3.75. The van der Waals surface area contributed by atoms with E-state index in [0.29, 0.717) is 13.0 Å². The van der Waals surface area contributed by atoms with Crippen molar-refractivity contribution in [3.63, 3.8) is 0 Å². The second-order valence-corrected chi connectivity index (χ2v) is 7.45. The predicted octanol–water partition coefficient (Wildman–Crippen LogP) is -0.226. The van der Waals surface area contributed by atoms with Crippen LogP contribution in [0.3, 0.4) is 0 Å². The van der Waals surface area contributed by atoms with Gasteiger partial charge in [0.15, 0.2) is 9.84 Å². The van der Waals surface area contributed by atoms with E-state index in [1.807, 2.05) is 0 Å². The maximum Gasteiger partial charge on any atom is 0.251 e. The number of likely N-dealkylation sites (N-methyl/N-ethyl adjacent to an activating group) is 1. The third-order valence-corrected chi connectivity index (χ3v) is 5.46. The average Bonchev–Trinajstić information content (AvgIpc) is 2.85. The van der Waals surface area contributed by atoms with Crippen molar-refractivity contribution in [1.82, 2.24) is 4.90 Å². The molecule has 1 unspecified atom stereocenters. The van der Waals surface area contributed by atoms with Gasteiger partial charge in [0.05, 0.1) is 11.9 Å². The lowest BCUT2D eigenvalue weighted by atomic mass is 10.1. The lowest BCUT2D eigenvalue weighted by molar-refractivity contribution is -0.142. The van der Waals surface area contributed by atoms with E-state index in [0.717, 1.165) is 6.42 Å². The second-order valence-electron chi connectivity index (χ2n) is 5.06. The predicted molar refractivity (Wildman–Crippen MR) is 73.5 cm³/mol. The quantitative estimate of drug-likeness (QED) is 0.730. The molecule has 0 spiro atoms. The summed E-state index contributed by atoms with van der Waals surface area (Å²) in [4.78, 5) is 13.7. The molecule has 1 rings (SSSR count). The van der Waals surface area contributed by atoms with Crippen molar-refractivity contribution in [3.8, 4) is 0 Å². The van der Waals surface area contributed by atoms with Crippen molar-refractivity contribution in [3.05, 3.63) is 0 Å². The lowest BCUT2D eigenvalue weighted by Crippen LogP contribution is -2.45. The first kappa shape index (κ1) is 16.4. The molecule has 2 N–H and O–H groups in total. The number of nitrogens with zero attached hydrogens (tertiary/aromatic N) is 1. The Balaban J connectivity index is 2.57. The molecule has 1 saturated heterocycles. The Hall–Kier alpha value is -0.660. The SMILES string of the molecule is CCS(=O)(=O)CC(C)N(C)C(=O)[C@@H]1CC[C@H](CN)O1. The van der Waals surface area contributed by atoms with Crippen LogP contribution < -0.4 is 5.73 Å². The third kappa shape index (κ3) is 4.43. The Bertz CT molecular complexity index is 410. The van der Waals surface area contributed by atoms with Crippen LogP contribution in [0, 0.1) is 0 Å². The minimum Gasteiger partial charge on any atom is -0.364 e. The van der Waals surface area contributed by atoms with Crippen molar-refractivity contribution in [2.45, 2.75) is 44.9 Å². The fraction of sp³-hybridized carbons (Fsp3) is 0.917. The molecule has 1 aliphatic heterocycles. The zero-order chi connectivity index (χ0) is 14.6. The monoisotopic (exact) mass is 292 g/mol. The number of ether oxygens (including phenoxy) is 1. The molecule has 0 aromatic heterocycles. The third-order valence-electron chi connectivity index (χ3n) is 3.59. The molecular weight excluding hydrogens is 268 g/mol. The molecule has 1 fully saturated rings. The first-order chi connectivity index (χ1) is 8.80. The maximum atomic E-state index is 12.2. The van der Waals surface area contributed by atoms with Gasteiger partial charge >= 0.3 is 0 Å². The molecule has 0 saturated carbocycles. The van der Waals surface area contributed by atoms with Gasteiger partial charge in [-0.15, -0.1) is 0 Å². The number of amides is 1. The van der Waals surface area contributed by atoms with Gasteiger partial charge in [-0.2, -0.15) is 0 Å². The maximum absolute atomic E-state index is 12.2. The standard InChI is InChI=1S/C12H24N2O4S/c1-4-19(16,17)8-9(2)14(3)12(15)11-6-5-10(7-13)18-11/h9-11H,4-8,13H2,1-3H3/t9?,10-,11+/m1/s1. The lowest BCUT2D eigenvalue weighted by Gasteiger charge is -2.27. The van der Waals surface area contributed by atoms with Gasteiger partial charge in [-0.3, -0.25) is 4.79 Å². The summed E-state index contributed by atoms with van der Waals surface area (Å²) < 4.78 is 28.7. The molecule has 0 aliphatic carbocycles. The van der Waals surface area contributed by atoms with Gasteiger partial charge in [0.1, 0.15) is 6.10 Å². The minimum atomic E-state index is -3.09. The Kier molecular flexibility index (Phi) is 5.76. The number of carbonyl (C=O) groups excluding carboxylic acids is 1. The summed E-state index contributed by atoms with van der Waals surface area (Å²) in [5, 5.41) is 0. The van der Waals surface area contributed by atoms with E-state index in [2.05, 4.69) is 0 Å². The number of sulfone groups is 1. The second kappa shape index (κ2) is 6.67. The number of nitrogens with two attached hydrogens (primary N) is 1. The van der Waals surface area contributed by atoms with Crippen LogP contribution in [0.5, 0.6) is 0 Å². The minimum absolute atomic E-state index is 0.0151. The van der Waals surface area contributed by atoms with Crippen LogP contribution in [-0.4, -0.2) is 62.6 Å². The van der Waals surface area contributed by atoms with Gasteiger partial charge in [-0.25, -0.2) is 8.42 Å². The van der Waals surface area contributed by atoms with Gasteiger partial charge in [-0.05, 0) is 19.8 Å². The van der Waals surface area contributed by atoms with E-state index in [-0.39, 0.29) is 29.6 Å². The molecule has 0 aromatic rings. The van der Waals surface area contributed by atoms with Crippen LogP contribution in [0.1, 0.15) is 26.7 Å². The highest BCUT2D eigenvalue weighted by molar-refractivity contribution is 7.91. The van der Waals surface area contributed by atoms with Crippen LogP contribution in [0.25, 0.3) is 0 Å². The summed E-state index contributed by atoms with van der Waals surface area (Å²) in [5.74, 6) is -0.0809. The average molecular weight is 292 g/mol. The summed E-state index contributed by atoms with van der Waals surface area (Å²) >= 11 is 0. The summed E-state index contributed by atoms with van der Waals surface area (Å²) in [7, 11) is -1.47. The summed E-state index contributed by atoms with van der Waals surface area (Å²) in [6.07, 6.45) is 0.892. The van der Waals surface area contributed by atoms with E-state index in [1.54, 1.807) is 20.9 Å². The fourth-order valence-corrected chi connectivity index (χ4v) is 3.30. The van der Waals surface area contributed by atoms with Gasteiger partial charge < -0.3 is 15.4 Å². The molecule has 7 heteroatoms. The van der Waals surface area contributed by atoms with Crippen molar-refractivity contribution in [2.24, 2.45) is 5.73 Å². The molecule has 1 amide bonds. The summed E-state index contributed by atoms with van der Waals surface area (Å²) in [6, 6.07) is -0.349. The summed E-state index contributed by atoms with van der Waals surface area (Å²) in [5.41, 5.74) is 5.50. The van der Waals surface area contributed by atoms with E-state index < -0.39 is 15.9 Å². The van der Waals surface area contributed by atoms with Gasteiger partial charge in [0.2, 0.25) is 0 Å². The number of carbonyl (C=O) groups is 1. The van der Waals surface area contributed by atoms with E-state index in [1.165, 1.54) is 4.90 Å². The molecule has 1 heterocycles. The molecule has 1 aliphatic rings.